The molecule has 0 saturated heterocycles. The van der Waals surface area contributed by atoms with Crippen LogP contribution in [-0.2, 0) is 20.9 Å². The van der Waals surface area contributed by atoms with Gasteiger partial charge < -0.3 is 14.6 Å². The first-order valence-corrected chi connectivity index (χ1v) is 9.28. The summed E-state index contributed by atoms with van der Waals surface area (Å²) in [5.41, 5.74) is 3.51. The van der Waals surface area contributed by atoms with Crippen LogP contribution in [0.5, 0.6) is 0 Å². The Morgan fingerprint density at radius 3 is 2.66 bits per heavy atom. The summed E-state index contributed by atoms with van der Waals surface area (Å²) in [6.45, 7) is 7.93. The molecule has 0 atom stereocenters. The van der Waals surface area contributed by atoms with Crippen LogP contribution < -0.4 is 5.32 Å². The van der Waals surface area contributed by atoms with Crippen molar-refractivity contribution in [2.24, 2.45) is 0 Å². The number of amides is 1. The summed E-state index contributed by atoms with van der Waals surface area (Å²) < 4.78 is 20.4. The Kier molecular flexibility index (Phi) is 7.32. The second kappa shape index (κ2) is 9.69. The number of aryl methyl sites for hydroxylation is 2. The number of anilines is 1. The largest absolute Gasteiger partial charge is 0.451 e. The molecule has 1 N–H and O–H groups in total. The predicted molar refractivity (Wildman–Crippen MR) is 109 cm³/mol. The number of benzene rings is 1. The van der Waals surface area contributed by atoms with Crippen LogP contribution in [0.15, 0.2) is 29.8 Å². The van der Waals surface area contributed by atoms with E-state index in [1.165, 1.54) is 24.3 Å². The van der Waals surface area contributed by atoms with Gasteiger partial charge in [0, 0.05) is 23.6 Å². The van der Waals surface area contributed by atoms with E-state index in [1.54, 1.807) is 6.92 Å². The van der Waals surface area contributed by atoms with E-state index in [1.807, 2.05) is 26.0 Å². The van der Waals surface area contributed by atoms with Crippen molar-refractivity contribution in [2.75, 3.05) is 11.9 Å². The number of nitrogens with zero attached hydrogens (tertiary/aromatic N) is 2. The van der Waals surface area contributed by atoms with E-state index in [4.69, 9.17) is 4.74 Å². The summed E-state index contributed by atoms with van der Waals surface area (Å²) in [6, 6.07) is 7.72. The monoisotopic (exact) mass is 397 g/mol. The average Bonchev–Trinajstić information content (AvgIpc) is 2.94. The van der Waals surface area contributed by atoms with Gasteiger partial charge in [0.05, 0.1) is 0 Å². The molecule has 0 aliphatic rings. The first-order valence-electron chi connectivity index (χ1n) is 9.28. The molecule has 29 heavy (non-hydrogen) atoms. The molecule has 7 heteroatoms. The lowest BCUT2D eigenvalue weighted by Crippen LogP contribution is -2.21. The molecule has 0 unspecified atom stereocenters. The zero-order valence-corrected chi connectivity index (χ0v) is 17.0. The molecule has 0 aliphatic carbocycles. The second-order valence-electron chi connectivity index (χ2n) is 6.73. The third kappa shape index (κ3) is 5.55. The van der Waals surface area contributed by atoms with Crippen LogP contribution in [0.2, 0.25) is 0 Å². The average molecular weight is 397 g/mol. The number of aromatic nitrogens is 1. The Morgan fingerprint density at radius 1 is 1.28 bits per heavy atom. The molecule has 1 aromatic carbocycles. The summed E-state index contributed by atoms with van der Waals surface area (Å²) in [5.74, 6) is -2.00. The van der Waals surface area contributed by atoms with E-state index in [9.17, 15) is 19.2 Å². The van der Waals surface area contributed by atoms with Crippen molar-refractivity contribution >= 4 is 23.6 Å². The maximum absolute atomic E-state index is 13.3. The fourth-order valence-corrected chi connectivity index (χ4v) is 2.96. The van der Waals surface area contributed by atoms with E-state index >= 15 is 0 Å². The molecule has 0 aliphatic heterocycles. The third-order valence-corrected chi connectivity index (χ3v) is 4.51. The predicted octanol–water partition coefficient (Wildman–Crippen LogP) is 4.05. The van der Waals surface area contributed by atoms with Crippen LogP contribution in [-0.4, -0.2) is 23.1 Å². The minimum atomic E-state index is -0.890. The fraction of sp³-hybridized carbons (Fsp3) is 0.318. The first-order chi connectivity index (χ1) is 13.8. The lowest BCUT2D eigenvalue weighted by Gasteiger charge is -2.09. The van der Waals surface area contributed by atoms with Gasteiger partial charge in [0.1, 0.15) is 17.5 Å². The van der Waals surface area contributed by atoms with Crippen molar-refractivity contribution in [3.05, 3.63) is 58.2 Å². The van der Waals surface area contributed by atoms with Crippen LogP contribution in [0.25, 0.3) is 6.08 Å². The van der Waals surface area contributed by atoms with Gasteiger partial charge >= 0.3 is 5.97 Å². The van der Waals surface area contributed by atoms with Crippen molar-refractivity contribution in [1.82, 2.24) is 4.57 Å². The molecule has 0 spiro atoms. The van der Waals surface area contributed by atoms with Crippen LogP contribution >= 0.6 is 0 Å². The number of esters is 1. The molecule has 2 rings (SSSR count). The molecule has 0 fully saturated rings. The lowest BCUT2D eigenvalue weighted by atomic mass is 10.1. The summed E-state index contributed by atoms with van der Waals surface area (Å²) in [6.07, 6.45) is 2.43. The maximum atomic E-state index is 13.3. The number of nitrogens with one attached hydrogen (secondary N) is 1. The van der Waals surface area contributed by atoms with Crippen molar-refractivity contribution in [1.29, 1.82) is 5.26 Å². The number of carbonyl (C=O) groups is 2. The normalized spacial score (nSPS) is 11.1. The van der Waals surface area contributed by atoms with Crippen molar-refractivity contribution < 1.29 is 18.7 Å². The Morgan fingerprint density at radius 2 is 2.00 bits per heavy atom. The Balaban J connectivity index is 2.06. The summed E-state index contributed by atoms with van der Waals surface area (Å²) >= 11 is 0. The zero-order chi connectivity index (χ0) is 21.6. The van der Waals surface area contributed by atoms with Gasteiger partial charge in [0.2, 0.25) is 0 Å². The van der Waals surface area contributed by atoms with Crippen LogP contribution in [0.3, 0.4) is 0 Å². The number of rotatable bonds is 7. The van der Waals surface area contributed by atoms with Gasteiger partial charge in [-0.3, -0.25) is 4.79 Å². The van der Waals surface area contributed by atoms with Gasteiger partial charge in [-0.25, -0.2) is 9.18 Å². The number of hydrogen-bond donors (Lipinski definition) is 1. The number of ether oxygens (including phenoxy) is 1. The quantitative estimate of drug-likeness (QED) is 0.434. The van der Waals surface area contributed by atoms with Crippen molar-refractivity contribution in [2.45, 2.75) is 40.7 Å². The number of hydrogen-bond acceptors (Lipinski definition) is 4. The number of halogens is 1. The van der Waals surface area contributed by atoms with Gasteiger partial charge in [0.15, 0.2) is 6.61 Å². The molecule has 1 heterocycles. The Labute approximate surface area is 169 Å². The third-order valence-electron chi connectivity index (χ3n) is 4.51. The van der Waals surface area contributed by atoms with Gasteiger partial charge in [-0.1, -0.05) is 13.0 Å². The van der Waals surface area contributed by atoms with Crippen LogP contribution in [0.1, 0.15) is 35.9 Å². The van der Waals surface area contributed by atoms with E-state index in [0.29, 0.717) is 11.3 Å². The zero-order valence-electron chi connectivity index (χ0n) is 17.0. The lowest BCUT2D eigenvalue weighted by molar-refractivity contribution is -0.142. The van der Waals surface area contributed by atoms with Crippen molar-refractivity contribution in [3.63, 3.8) is 0 Å². The number of carbonyl (C=O) groups excluding carboxylic acids is 2. The van der Waals surface area contributed by atoms with Crippen LogP contribution in [0, 0.1) is 37.9 Å². The second-order valence-corrected chi connectivity index (χ2v) is 6.73. The highest BCUT2D eigenvalue weighted by atomic mass is 19.1. The molecule has 6 nitrogen and oxygen atoms in total. The molecule has 0 radical (unpaired) electrons. The first kappa shape index (κ1) is 21.9. The van der Waals surface area contributed by atoms with E-state index in [2.05, 4.69) is 16.8 Å². The Hall–Kier alpha value is -3.40. The maximum Gasteiger partial charge on any atom is 0.349 e. The fourth-order valence-electron chi connectivity index (χ4n) is 2.96. The molecule has 152 valence electrons. The molecule has 1 aromatic heterocycles. The van der Waals surface area contributed by atoms with E-state index < -0.39 is 24.3 Å². The van der Waals surface area contributed by atoms with Crippen molar-refractivity contribution in [3.8, 4) is 6.07 Å². The molecular weight excluding hydrogens is 373 g/mol. The summed E-state index contributed by atoms with van der Waals surface area (Å²) in [5, 5.41) is 11.8. The van der Waals surface area contributed by atoms with Gasteiger partial charge in [-0.2, -0.15) is 5.26 Å². The number of nitriles is 1. The van der Waals surface area contributed by atoms with E-state index in [0.717, 1.165) is 29.9 Å². The molecule has 1 amide bonds. The molecular formula is C22H24FN3O3. The highest BCUT2D eigenvalue weighted by molar-refractivity contribution is 6.00. The van der Waals surface area contributed by atoms with E-state index in [-0.39, 0.29) is 5.57 Å². The van der Waals surface area contributed by atoms with Gasteiger partial charge in [0.25, 0.3) is 5.91 Å². The summed E-state index contributed by atoms with van der Waals surface area (Å²) in [4.78, 5) is 24.2. The minimum Gasteiger partial charge on any atom is -0.451 e. The van der Waals surface area contributed by atoms with Gasteiger partial charge in [-0.15, -0.1) is 0 Å². The Bertz CT molecular complexity index is 999. The SMILES string of the molecule is CCCn1c(C)cc(/C=C(\C#N)C(=O)OCC(=O)Nc2cc(F)ccc2C)c1C. The molecule has 0 bridgehead atoms. The smallest absolute Gasteiger partial charge is 0.349 e. The highest BCUT2D eigenvalue weighted by Gasteiger charge is 2.16. The highest BCUT2D eigenvalue weighted by Crippen LogP contribution is 2.19. The topological polar surface area (TPSA) is 84.1 Å². The minimum absolute atomic E-state index is 0.198. The van der Waals surface area contributed by atoms with Crippen LogP contribution in [0.4, 0.5) is 10.1 Å². The summed E-state index contributed by atoms with van der Waals surface area (Å²) in [7, 11) is 0. The molecule has 2 aromatic rings. The van der Waals surface area contributed by atoms with Gasteiger partial charge in [-0.05, 0) is 62.6 Å². The molecule has 0 saturated carbocycles. The standard InChI is InChI=1S/C22H24FN3O3/c1-5-8-26-15(3)9-17(16(26)4)10-18(12-24)22(28)29-13-21(27)25-20-11-19(23)7-6-14(20)2/h6-7,9-11H,5,8,13H2,1-4H3,(H,25,27)/b18-10+.